The van der Waals surface area contributed by atoms with E-state index in [4.69, 9.17) is 12.2 Å². The molecule has 0 atom stereocenters. The largest absolute Gasteiger partial charge is 0.357 e. The van der Waals surface area contributed by atoms with Crippen LogP contribution < -0.4 is 10.5 Å². The quantitative estimate of drug-likeness (QED) is 0.118. The van der Waals surface area contributed by atoms with Crippen molar-refractivity contribution in [2.75, 3.05) is 24.5 Å². The Hall–Kier alpha value is -2.11. The number of nitrogens with zero attached hydrogens (tertiary/aromatic N) is 4. The maximum absolute atomic E-state index is 13.5. The summed E-state index contributed by atoms with van der Waals surface area (Å²) in [5.41, 5.74) is 1.40. The molecular weight excluding hydrogens is 537 g/mol. The van der Waals surface area contributed by atoms with E-state index < -0.39 is 0 Å². The number of pyridine rings is 1. The number of rotatable bonds is 15. The van der Waals surface area contributed by atoms with Crippen molar-refractivity contribution in [2.24, 2.45) is 0 Å². The topological polar surface area (TPSA) is 69.3 Å². The number of thioether (sulfide) groups is 1. The number of anilines is 1. The van der Waals surface area contributed by atoms with Crippen LogP contribution in [0.1, 0.15) is 127 Å². The second kappa shape index (κ2) is 17.0. The first-order chi connectivity index (χ1) is 19.4. The Morgan fingerprint density at radius 3 is 2.05 bits per heavy atom. The van der Waals surface area contributed by atoms with Gasteiger partial charge in [-0.15, -0.1) is 0 Å². The van der Waals surface area contributed by atoms with Crippen molar-refractivity contribution in [3.63, 3.8) is 0 Å². The summed E-state index contributed by atoms with van der Waals surface area (Å²) >= 11 is 6.98. The highest BCUT2D eigenvalue weighted by Gasteiger charge is 2.33. The van der Waals surface area contributed by atoms with Gasteiger partial charge in [0.1, 0.15) is 21.8 Å². The summed E-state index contributed by atoms with van der Waals surface area (Å²) in [5, 5.41) is 9.88. The van der Waals surface area contributed by atoms with Gasteiger partial charge in [-0.25, -0.2) is 0 Å². The van der Waals surface area contributed by atoms with Gasteiger partial charge in [-0.05, 0) is 44.2 Å². The second-order valence-electron chi connectivity index (χ2n) is 11.2. The van der Waals surface area contributed by atoms with E-state index in [1.54, 1.807) is 9.47 Å². The molecule has 220 valence electrons. The first kappa shape index (κ1) is 32.4. The van der Waals surface area contributed by atoms with E-state index in [0.717, 1.165) is 56.6 Å². The fourth-order valence-corrected chi connectivity index (χ4v) is 7.07. The van der Waals surface area contributed by atoms with E-state index in [-0.39, 0.29) is 17.0 Å². The van der Waals surface area contributed by atoms with Crippen LogP contribution in [0.4, 0.5) is 5.82 Å². The van der Waals surface area contributed by atoms with E-state index in [0.29, 0.717) is 27.9 Å². The number of unbranched alkanes of at least 4 members (excludes halogenated alkanes) is 9. The molecule has 6 nitrogen and oxygen atoms in total. The van der Waals surface area contributed by atoms with Crippen LogP contribution in [-0.2, 0) is 11.3 Å². The van der Waals surface area contributed by atoms with Gasteiger partial charge in [-0.1, -0.05) is 108 Å². The molecule has 0 aromatic carbocycles. The van der Waals surface area contributed by atoms with E-state index in [2.05, 4.69) is 17.9 Å². The maximum atomic E-state index is 13.5. The SMILES string of the molecule is CCCCCCCCCCCCN1C(=O)C(=Cc2c(C)c(C#N)c(=O)n(CCC)c2N2CCCCCC2)SC1=S. The van der Waals surface area contributed by atoms with Crippen LogP contribution >= 0.6 is 24.0 Å². The fourth-order valence-electron chi connectivity index (χ4n) is 5.78. The predicted molar refractivity (Wildman–Crippen MR) is 173 cm³/mol. The van der Waals surface area contributed by atoms with E-state index in [1.165, 1.54) is 76.0 Å². The molecule has 40 heavy (non-hydrogen) atoms. The van der Waals surface area contributed by atoms with Crippen LogP contribution in [-0.4, -0.2) is 39.3 Å². The summed E-state index contributed by atoms with van der Waals surface area (Å²) in [5.74, 6) is 0.795. The minimum atomic E-state index is -0.230. The summed E-state index contributed by atoms with van der Waals surface area (Å²) in [4.78, 5) is 31.5. The highest BCUT2D eigenvalue weighted by atomic mass is 32.2. The number of hydrogen-bond donors (Lipinski definition) is 0. The van der Waals surface area contributed by atoms with Gasteiger partial charge in [-0.2, -0.15) is 5.26 Å². The van der Waals surface area contributed by atoms with Gasteiger partial charge in [-0.3, -0.25) is 19.1 Å². The van der Waals surface area contributed by atoms with Crippen LogP contribution in [0.15, 0.2) is 9.70 Å². The van der Waals surface area contributed by atoms with Gasteiger partial charge in [0.15, 0.2) is 0 Å². The molecule has 2 fully saturated rings. The zero-order chi connectivity index (χ0) is 28.9. The molecule has 2 aliphatic rings. The van der Waals surface area contributed by atoms with Gasteiger partial charge in [0.05, 0.1) is 4.91 Å². The number of thiocarbonyl (C=S) groups is 1. The standard InChI is InChI=1S/C32H48N4O2S2/c1-4-6-7-8-9-10-11-12-13-18-22-36-31(38)28(40-32(36)39)23-26-25(3)27(24-33)30(37)35(19-5-2)29(26)34-20-16-14-15-17-21-34/h23H,4-22H2,1-3H3. The molecule has 0 unspecified atom stereocenters. The van der Waals surface area contributed by atoms with E-state index >= 15 is 0 Å². The van der Waals surface area contributed by atoms with Crippen LogP contribution in [0.3, 0.4) is 0 Å². The minimum Gasteiger partial charge on any atom is -0.357 e. The monoisotopic (exact) mass is 584 g/mol. The Morgan fingerprint density at radius 1 is 0.875 bits per heavy atom. The van der Waals surface area contributed by atoms with Crippen LogP contribution in [0.5, 0.6) is 0 Å². The smallest absolute Gasteiger partial charge is 0.270 e. The van der Waals surface area contributed by atoms with Gasteiger partial charge < -0.3 is 4.90 Å². The Labute approximate surface area is 251 Å². The number of nitriles is 1. The summed E-state index contributed by atoms with van der Waals surface area (Å²) in [6.45, 7) is 9.07. The van der Waals surface area contributed by atoms with Gasteiger partial charge in [0, 0.05) is 31.7 Å². The molecular formula is C32H48N4O2S2. The number of carbonyl (C=O) groups is 1. The molecule has 1 aromatic rings. The average Bonchev–Trinajstić information content (AvgIpc) is 3.10. The molecule has 0 spiro atoms. The Kier molecular flexibility index (Phi) is 13.8. The number of carbonyl (C=O) groups excluding carboxylic acids is 1. The third kappa shape index (κ3) is 8.45. The number of amides is 1. The lowest BCUT2D eigenvalue weighted by atomic mass is 10.0. The third-order valence-electron chi connectivity index (χ3n) is 8.08. The number of aromatic nitrogens is 1. The molecule has 3 rings (SSSR count). The highest BCUT2D eigenvalue weighted by Crippen LogP contribution is 2.36. The first-order valence-corrected chi connectivity index (χ1v) is 16.8. The molecule has 1 amide bonds. The second-order valence-corrected chi connectivity index (χ2v) is 12.9. The molecule has 1 aromatic heterocycles. The fraction of sp³-hybridized carbons (Fsp3) is 0.688. The van der Waals surface area contributed by atoms with Crippen LogP contribution in [0.25, 0.3) is 6.08 Å². The van der Waals surface area contributed by atoms with Crippen molar-refractivity contribution >= 4 is 46.1 Å². The van der Waals surface area contributed by atoms with Gasteiger partial charge >= 0.3 is 0 Å². The molecule has 2 saturated heterocycles. The molecule has 0 N–H and O–H groups in total. The van der Waals surface area contributed by atoms with Gasteiger partial charge in [0.25, 0.3) is 11.5 Å². The van der Waals surface area contributed by atoms with Crippen LogP contribution in [0, 0.1) is 18.3 Å². The Bertz CT molecular complexity index is 1140. The maximum Gasteiger partial charge on any atom is 0.270 e. The van der Waals surface area contributed by atoms with Crippen molar-refractivity contribution in [2.45, 2.75) is 124 Å². The van der Waals surface area contributed by atoms with Crippen molar-refractivity contribution in [3.8, 4) is 6.07 Å². The zero-order valence-corrected chi connectivity index (χ0v) is 26.6. The number of hydrogen-bond acceptors (Lipinski definition) is 6. The molecule has 0 saturated carbocycles. The summed E-state index contributed by atoms with van der Waals surface area (Å²) in [6.07, 6.45) is 19.7. The third-order valence-corrected chi connectivity index (χ3v) is 9.46. The van der Waals surface area contributed by atoms with E-state index in [1.807, 2.05) is 19.9 Å². The summed E-state index contributed by atoms with van der Waals surface area (Å²) in [6, 6.07) is 2.15. The molecule has 8 heteroatoms. The van der Waals surface area contributed by atoms with Crippen LogP contribution in [0.2, 0.25) is 0 Å². The lowest BCUT2D eigenvalue weighted by Gasteiger charge is -2.29. The molecule has 0 radical (unpaired) electrons. The Balaban J connectivity index is 1.76. The van der Waals surface area contributed by atoms with Crippen molar-refractivity contribution < 1.29 is 4.79 Å². The molecule has 0 bridgehead atoms. The first-order valence-electron chi connectivity index (χ1n) is 15.6. The zero-order valence-electron chi connectivity index (χ0n) is 24.9. The van der Waals surface area contributed by atoms with Crippen molar-refractivity contribution in [1.82, 2.24) is 9.47 Å². The lowest BCUT2D eigenvalue weighted by Crippen LogP contribution is -2.35. The van der Waals surface area contributed by atoms with Crippen molar-refractivity contribution in [3.05, 3.63) is 31.9 Å². The summed E-state index contributed by atoms with van der Waals surface area (Å²) in [7, 11) is 0. The normalized spacial score (nSPS) is 17.1. The highest BCUT2D eigenvalue weighted by molar-refractivity contribution is 8.26. The minimum absolute atomic E-state index is 0.0566. The summed E-state index contributed by atoms with van der Waals surface area (Å²) < 4.78 is 2.37. The van der Waals surface area contributed by atoms with Crippen molar-refractivity contribution in [1.29, 1.82) is 5.26 Å². The van der Waals surface area contributed by atoms with E-state index in [9.17, 15) is 14.9 Å². The molecule has 0 aliphatic carbocycles. The lowest BCUT2D eigenvalue weighted by molar-refractivity contribution is -0.122. The average molecular weight is 585 g/mol. The molecule has 2 aliphatic heterocycles. The Morgan fingerprint density at radius 2 is 1.48 bits per heavy atom. The predicted octanol–water partition coefficient (Wildman–Crippen LogP) is 7.94. The molecule has 3 heterocycles. The van der Waals surface area contributed by atoms with Gasteiger partial charge in [0.2, 0.25) is 0 Å².